The number of carbonyl (C=O) groups excluding carboxylic acids is 1. The molecule has 4 N–H and O–H groups in total. The van der Waals surface area contributed by atoms with E-state index in [0.29, 0.717) is 36.3 Å². The Bertz CT molecular complexity index is 2750. The van der Waals surface area contributed by atoms with Crippen molar-refractivity contribution in [1.82, 2.24) is 52.2 Å². The van der Waals surface area contributed by atoms with Gasteiger partial charge in [0.2, 0.25) is 0 Å². The number of likely N-dealkylation sites (tertiary alicyclic amines) is 2. The molecule has 2 atom stereocenters. The Labute approximate surface area is 406 Å². The molecule has 2 amide bonds. The number of imidazole rings is 2. The number of rotatable bonds is 12. The Morgan fingerprint density at radius 3 is 1.68 bits per heavy atom. The van der Waals surface area contributed by atoms with Crippen molar-refractivity contribution in [3.8, 4) is 11.4 Å². The average Bonchev–Trinajstić information content (AvgIpc) is 4.08. The van der Waals surface area contributed by atoms with Crippen molar-refractivity contribution in [3.05, 3.63) is 96.6 Å². The number of nitrogens with zero attached hydrogens (tertiary/aromatic N) is 13. The van der Waals surface area contributed by atoms with Gasteiger partial charge in [-0.25, -0.2) is 24.1 Å². The number of aromatic nitrogens is 7. The normalized spacial score (nSPS) is 17.0. The lowest BCUT2D eigenvalue weighted by molar-refractivity contribution is -0.613. The maximum atomic E-state index is 12.7. The summed E-state index contributed by atoms with van der Waals surface area (Å²) >= 11 is 0. The number of hydrogen-bond donors (Lipinski definition) is 3. The molecule has 2 aliphatic heterocycles. The van der Waals surface area contributed by atoms with Crippen LogP contribution in [-0.4, -0.2) is 157 Å². The summed E-state index contributed by atoms with van der Waals surface area (Å²) in [4.78, 5) is 35.8. The van der Waals surface area contributed by atoms with E-state index in [1.165, 1.54) is 35.1 Å². The Morgan fingerprint density at radius 2 is 1.23 bits per heavy atom. The fraction of sp³-hybridized carbons (Fsp3) is 0.489. The lowest BCUT2D eigenvalue weighted by atomic mass is 10.1. The third-order valence-corrected chi connectivity index (χ3v) is 14.7. The summed E-state index contributed by atoms with van der Waals surface area (Å²) in [6, 6.07) is 8.90. The van der Waals surface area contributed by atoms with Gasteiger partial charge in [0.05, 0.1) is 39.6 Å². The standard InChI is InChI=1S/C19H29N7O3S.C14H23N5O3S.C12H16N4/c1-13(2)17-18(26(14(3)21-17)15-6-9-20-10-7-15)22-19(27)23-30(28,29)25(5)16-8-11-24(4)12-16;1-16(2)12-6-9-19(10-7-12)14(20)15-23(21,22)18(4)13-5-8-17(3)11-13;1-8(2)11-12(13)16(9(3)15-11)10-4-6-14-7-5-10/h6-7,9-10,13,16H,8,11-12H2,1-5H3,(H2,22,23,27);6-7,9-10,13H,5,8,11H2,1-4H3;4-8H,13H2,1-3H3. The second-order valence-electron chi connectivity index (χ2n) is 17.9. The number of anilines is 3. The molecule has 0 radical (unpaired) electrons. The number of hydrogen-bond acceptors (Lipinski definition) is 14. The number of amides is 2. The molecule has 2 saturated heterocycles. The first-order chi connectivity index (χ1) is 32.4. The highest BCUT2D eigenvalue weighted by Crippen LogP contribution is 2.29. The maximum Gasteiger partial charge on any atom is 0.414 e. The van der Waals surface area contributed by atoms with Crippen molar-refractivity contribution in [1.29, 1.82) is 0 Å². The van der Waals surface area contributed by atoms with Crippen LogP contribution in [0.25, 0.3) is 11.4 Å². The van der Waals surface area contributed by atoms with Crippen LogP contribution in [0.3, 0.4) is 0 Å². The van der Waals surface area contributed by atoms with Gasteiger partial charge in [-0.15, -0.1) is 0 Å². The van der Waals surface area contributed by atoms with Gasteiger partial charge in [0, 0.05) is 96.0 Å². The lowest BCUT2D eigenvalue weighted by Gasteiger charge is -2.24. The van der Waals surface area contributed by atoms with Crippen molar-refractivity contribution in [2.24, 2.45) is 4.40 Å². The van der Waals surface area contributed by atoms with Crippen LogP contribution in [0.5, 0.6) is 0 Å². The van der Waals surface area contributed by atoms with Crippen LogP contribution < -0.4 is 30.3 Å². The number of nitrogens with two attached hydrogens (primary N) is 1. The van der Waals surface area contributed by atoms with Gasteiger partial charge in [-0.3, -0.25) is 24.4 Å². The molecule has 0 spiro atoms. The predicted molar refractivity (Wildman–Crippen MR) is 266 cm³/mol. The SMILES string of the molecule is CN1CCC(N(C)S(=O)(=O)N=C([O-])[n+]2ccc(N(C)C)cc2)C1.Cc1nc(C(C)C)c(N)n1-c1ccncc1.Cc1nc(C(C)C)c(NC(=O)NS(=O)(=O)N(C)C2CCN(C)C2)n1-c1ccncc1. The number of pyridine rings is 3. The van der Waals surface area contributed by atoms with Gasteiger partial charge >= 0.3 is 26.4 Å². The fourth-order valence-corrected chi connectivity index (χ4v) is 9.84. The molecule has 0 saturated carbocycles. The molecule has 5 aromatic rings. The summed E-state index contributed by atoms with van der Waals surface area (Å²) in [5, 5.41) is 14.8. The van der Waals surface area contributed by atoms with Crippen molar-refractivity contribution in [3.63, 3.8) is 0 Å². The van der Waals surface area contributed by atoms with Gasteiger partial charge in [-0.2, -0.15) is 25.4 Å². The van der Waals surface area contributed by atoms with Crippen LogP contribution in [0.15, 0.2) is 78.0 Å². The van der Waals surface area contributed by atoms with E-state index in [1.807, 2.05) is 82.4 Å². The topological polar surface area (TPSA) is 252 Å². The number of nitrogens with one attached hydrogen (secondary N) is 2. The van der Waals surface area contributed by atoms with Gasteiger partial charge in [0.15, 0.2) is 0 Å². The second kappa shape index (κ2) is 23.0. The Balaban J connectivity index is 0.000000202. The minimum atomic E-state index is -3.99. The maximum absolute atomic E-state index is 12.7. The quantitative estimate of drug-likeness (QED) is 0.0923. The van der Waals surface area contributed by atoms with E-state index >= 15 is 0 Å². The first-order valence-corrected chi connectivity index (χ1v) is 25.4. The summed E-state index contributed by atoms with van der Waals surface area (Å²) in [5.41, 5.74) is 10.4. The second-order valence-corrected chi connectivity index (χ2v) is 21.3. The van der Waals surface area contributed by atoms with E-state index in [2.05, 4.69) is 53.1 Å². The number of carbonyl (C=O) groups is 1. The highest BCUT2D eigenvalue weighted by molar-refractivity contribution is 7.88. The zero-order valence-electron chi connectivity index (χ0n) is 41.6. The van der Waals surface area contributed by atoms with Gasteiger partial charge in [0.25, 0.3) is 6.02 Å². The van der Waals surface area contributed by atoms with E-state index in [-0.39, 0.29) is 18.0 Å². The molecule has 0 aromatic carbocycles. The fourth-order valence-electron chi connectivity index (χ4n) is 7.88. The molecule has 2 unspecified atom stereocenters. The van der Waals surface area contributed by atoms with E-state index in [4.69, 9.17) is 5.73 Å². The first-order valence-electron chi connectivity index (χ1n) is 22.5. The molecule has 5 aromatic heterocycles. The molecule has 0 bridgehead atoms. The Morgan fingerprint density at radius 1 is 0.768 bits per heavy atom. The van der Waals surface area contributed by atoms with E-state index in [9.17, 15) is 26.7 Å². The molecule has 376 valence electrons. The van der Waals surface area contributed by atoms with Crippen molar-refractivity contribution in [2.45, 2.75) is 78.3 Å². The minimum Gasteiger partial charge on any atom is -0.806 e. The van der Waals surface area contributed by atoms with Crippen LogP contribution in [-0.2, 0) is 20.4 Å². The number of likely N-dealkylation sites (N-methyl/N-ethyl adjacent to an activating group) is 4. The summed E-state index contributed by atoms with van der Waals surface area (Å²) in [5.74, 6) is 3.10. The molecule has 0 aliphatic carbocycles. The van der Waals surface area contributed by atoms with Crippen molar-refractivity contribution in [2.75, 3.05) is 84.4 Å². The molecule has 7 rings (SSSR count). The largest absolute Gasteiger partial charge is 0.806 e. The van der Waals surface area contributed by atoms with Gasteiger partial charge in [-0.1, -0.05) is 27.7 Å². The summed E-state index contributed by atoms with van der Waals surface area (Å²) in [7, 11) is 2.62. The van der Waals surface area contributed by atoms with Crippen LogP contribution in [0.1, 0.15) is 75.4 Å². The predicted octanol–water partition coefficient (Wildman–Crippen LogP) is 2.47. The number of aryl methyl sites for hydroxylation is 2. The summed E-state index contributed by atoms with van der Waals surface area (Å²) < 4.78 is 62.8. The van der Waals surface area contributed by atoms with Gasteiger partial charge < -0.3 is 25.5 Å². The molecule has 24 heteroatoms. The number of nitrogen functional groups attached to an aromatic ring is 1. The molecule has 69 heavy (non-hydrogen) atoms. The van der Waals surface area contributed by atoms with Gasteiger partial charge in [0.1, 0.15) is 23.3 Å². The first kappa shape index (κ1) is 53.9. The number of urea groups is 1. The van der Waals surface area contributed by atoms with E-state index in [1.54, 1.807) is 53.6 Å². The molecule has 2 aliphatic rings. The lowest BCUT2D eigenvalue weighted by Crippen LogP contribution is -2.52. The molecule has 22 nitrogen and oxygen atoms in total. The van der Waals surface area contributed by atoms with Crippen LogP contribution in [0.2, 0.25) is 0 Å². The molecule has 7 heterocycles. The summed E-state index contributed by atoms with van der Waals surface area (Å²) in [6.45, 7) is 14.8. The van der Waals surface area contributed by atoms with Crippen LogP contribution in [0, 0.1) is 13.8 Å². The Kier molecular flexibility index (Phi) is 18.0. The van der Waals surface area contributed by atoms with Crippen molar-refractivity contribution < 1.29 is 31.3 Å². The molecule has 2 fully saturated rings. The zero-order valence-corrected chi connectivity index (χ0v) is 43.3. The highest BCUT2D eigenvalue weighted by Gasteiger charge is 2.35. The minimum absolute atomic E-state index is 0.0235. The van der Waals surface area contributed by atoms with Gasteiger partial charge in [-0.05, 0) is 90.0 Å². The summed E-state index contributed by atoms with van der Waals surface area (Å²) in [6.07, 6.45) is 11.3. The Hall–Kier alpha value is -6.05. The highest BCUT2D eigenvalue weighted by atomic mass is 32.2. The van der Waals surface area contributed by atoms with Crippen LogP contribution >= 0.6 is 0 Å². The molecular formula is C45H68N16O6S2. The van der Waals surface area contributed by atoms with Crippen molar-refractivity contribution >= 4 is 49.8 Å². The smallest absolute Gasteiger partial charge is 0.414 e. The monoisotopic (exact) mass is 992 g/mol. The third kappa shape index (κ3) is 13.6. The van der Waals surface area contributed by atoms with E-state index in [0.717, 1.165) is 64.9 Å². The average molecular weight is 993 g/mol. The zero-order chi connectivity index (χ0) is 51.0. The molecular weight excluding hydrogens is 925 g/mol. The van der Waals surface area contributed by atoms with E-state index < -0.39 is 32.5 Å². The van der Waals surface area contributed by atoms with Crippen LogP contribution in [0.4, 0.5) is 22.1 Å². The third-order valence-electron chi connectivity index (χ3n) is 11.8.